The molecule has 0 saturated heterocycles. The Morgan fingerprint density at radius 1 is 0.556 bits per heavy atom. The summed E-state index contributed by atoms with van der Waals surface area (Å²) in [4.78, 5) is 76.1. The van der Waals surface area contributed by atoms with Crippen LogP contribution in [0.2, 0.25) is 0 Å². The first-order valence-electron chi connectivity index (χ1n) is 23.6. The quantitative estimate of drug-likeness (QED) is 0.194. The van der Waals surface area contributed by atoms with E-state index in [-0.39, 0.29) is 41.9 Å². The number of carboxylic acids is 1. The van der Waals surface area contributed by atoms with E-state index >= 15 is 0 Å². The van der Waals surface area contributed by atoms with Crippen molar-refractivity contribution in [3.63, 3.8) is 0 Å². The molecule has 2 saturated carbocycles. The fourth-order valence-corrected chi connectivity index (χ4v) is 9.29. The lowest BCUT2D eigenvalue weighted by Gasteiger charge is -2.31. The molecule has 2 aromatic carbocycles. The molecule has 12 nitrogen and oxygen atoms in total. The summed E-state index contributed by atoms with van der Waals surface area (Å²) in [6.07, 6.45) is 27.3. The van der Waals surface area contributed by atoms with Crippen LogP contribution in [0, 0.1) is 11.8 Å². The molecule has 2 fully saturated rings. The number of nitrogens with one attached hydrogen (secondary N) is 4. The SMILES string of the molecule is COC(=O)[C@@H]1Cc2cccc(c2)C=CCCCCCC(=O)N[C@@H](C2CCCCC2)C(=O)N1.O=C1CCCCCC=Cc2cccc(c2)C[C@@H](C(=O)O)NC(=O)[C@H](C2CCCCC2)N1. The second kappa shape index (κ2) is 26.4. The van der Waals surface area contributed by atoms with Gasteiger partial charge in [0.1, 0.15) is 24.2 Å². The predicted octanol–water partition coefficient (Wildman–Crippen LogP) is 7.77. The van der Waals surface area contributed by atoms with E-state index in [9.17, 15) is 33.9 Å². The molecule has 63 heavy (non-hydrogen) atoms. The second-order valence-electron chi connectivity index (χ2n) is 17.8. The third-order valence-corrected chi connectivity index (χ3v) is 12.8. The largest absolute Gasteiger partial charge is 0.480 e. The lowest BCUT2D eigenvalue weighted by atomic mass is 9.83. The Morgan fingerprint density at radius 2 is 0.984 bits per heavy atom. The smallest absolute Gasteiger partial charge is 0.328 e. The van der Waals surface area contributed by atoms with Crippen molar-refractivity contribution < 1.29 is 38.6 Å². The molecular weight excluding hydrogens is 797 g/mol. The Balaban J connectivity index is 0.000000238. The maximum Gasteiger partial charge on any atom is 0.328 e. The van der Waals surface area contributed by atoms with E-state index in [1.54, 1.807) is 0 Å². The molecule has 0 spiro atoms. The lowest BCUT2D eigenvalue weighted by Crippen LogP contribution is -2.55. The third kappa shape index (κ3) is 16.8. The Morgan fingerprint density at radius 3 is 1.43 bits per heavy atom. The summed E-state index contributed by atoms with van der Waals surface area (Å²) in [5, 5.41) is 21.3. The number of allylic oxidation sites excluding steroid dienone is 2. The van der Waals surface area contributed by atoms with Gasteiger partial charge in [-0.1, -0.05) is 124 Å². The number of hydrogen-bond acceptors (Lipinski definition) is 7. The fourth-order valence-electron chi connectivity index (χ4n) is 9.29. The molecule has 2 aliphatic carbocycles. The van der Waals surface area contributed by atoms with Gasteiger partial charge in [-0.2, -0.15) is 0 Å². The molecule has 0 aromatic heterocycles. The van der Waals surface area contributed by atoms with Gasteiger partial charge in [0.25, 0.3) is 0 Å². The molecule has 4 aliphatic rings. The molecule has 6 rings (SSSR count). The van der Waals surface area contributed by atoms with Gasteiger partial charge < -0.3 is 31.1 Å². The predicted molar refractivity (Wildman–Crippen MR) is 245 cm³/mol. The summed E-state index contributed by atoms with van der Waals surface area (Å²) < 4.78 is 4.98. The van der Waals surface area contributed by atoms with Crippen LogP contribution in [0.25, 0.3) is 12.2 Å². The number of amides is 4. The minimum Gasteiger partial charge on any atom is -0.480 e. The average molecular weight is 867 g/mol. The van der Waals surface area contributed by atoms with Crippen molar-refractivity contribution in [1.82, 2.24) is 21.3 Å². The van der Waals surface area contributed by atoms with Crippen molar-refractivity contribution in [2.75, 3.05) is 7.11 Å². The van der Waals surface area contributed by atoms with Crippen LogP contribution in [0.4, 0.5) is 0 Å². The van der Waals surface area contributed by atoms with Crippen LogP contribution in [0.5, 0.6) is 0 Å². The second-order valence-corrected chi connectivity index (χ2v) is 17.8. The van der Waals surface area contributed by atoms with Gasteiger partial charge in [0.05, 0.1) is 7.11 Å². The molecule has 12 heteroatoms. The van der Waals surface area contributed by atoms with Crippen LogP contribution in [0.15, 0.2) is 60.7 Å². The minimum atomic E-state index is -1.07. The maximum atomic E-state index is 13.3. The summed E-state index contributed by atoms with van der Waals surface area (Å²) >= 11 is 0. The number of benzene rings is 2. The minimum absolute atomic E-state index is 0.0572. The molecule has 2 aromatic rings. The molecular formula is C51H70N4O8. The van der Waals surface area contributed by atoms with E-state index in [2.05, 4.69) is 39.5 Å². The van der Waals surface area contributed by atoms with Crippen LogP contribution >= 0.6 is 0 Å². The van der Waals surface area contributed by atoms with Gasteiger partial charge in [-0.25, -0.2) is 9.59 Å². The molecule has 0 radical (unpaired) electrons. The fraction of sp³-hybridized carbons (Fsp3) is 0.569. The van der Waals surface area contributed by atoms with Crippen molar-refractivity contribution in [2.45, 2.75) is 165 Å². The number of fused-ring (bicyclic) bond motifs is 4. The highest BCUT2D eigenvalue weighted by Crippen LogP contribution is 2.28. The number of hydrogen-bond donors (Lipinski definition) is 5. The van der Waals surface area contributed by atoms with Crippen LogP contribution in [0.1, 0.15) is 151 Å². The van der Waals surface area contributed by atoms with Gasteiger partial charge in [-0.15, -0.1) is 0 Å². The summed E-state index contributed by atoms with van der Waals surface area (Å²) in [7, 11) is 1.33. The topological polar surface area (TPSA) is 180 Å². The third-order valence-electron chi connectivity index (χ3n) is 12.8. The molecule has 5 N–H and O–H groups in total. The van der Waals surface area contributed by atoms with Gasteiger partial charge in [0.2, 0.25) is 23.6 Å². The number of aliphatic carboxylic acids is 1. The van der Waals surface area contributed by atoms with Crippen LogP contribution in [0.3, 0.4) is 0 Å². The number of esters is 1. The Hall–Kier alpha value is -5.26. The van der Waals surface area contributed by atoms with Crippen LogP contribution < -0.4 is 21.3 Å². The number of carbonyl (C=O) groups is 6. The van der Waals surface area contributed by atoms with Crippen molar-refractivity contribution in [3.8, 4) is 0 Å². The van der Waals surface area contributed by atoms with Gasteiger partial charge >= 0.3 is 11.9 Å². The van der Waals surface area contributed by atoms with Crippen molar-refractivity contribution >= 4 is 47.7 Å². The van der Waals surface area contributed by atoms with E-state index in [1.165, 1.54) is 7.11 Å². The molecule has 4 atom stereocenters. The van der Waals surface area contributed by atoms with E-state index < -0.39 is 36.1 Å². The Labute approximate surface area is 373 Å². The summed E-state index contributed by atoms with van der Waals surface area (Å²) in [6.45, 7) is 0. The van der Waals surface area contributed by atoms with Crippen molar-refractivity contribution in [2.24, 2.45) is 11.8 Å². The van der Waals surface area contributed by atoms with Gasteiger partial charge in [0, 0.05) is 25.7 Å². The zero-order chi connectivity index (χ0) is 44.8. The maximum absolute atomic E-state index is 13.3. The van der Waals surface area contributed by atoms with Gasteiger partial charge in [-0.05, 0) is 98.3 Å². The lowest BCUT2D eigenvalue weighted by molar-refractivity contribution is -0.145. The summed E-state index contributed by atoms with van der Waals surface area (Å²) in [6, 6.07) is 12.6. The molecule has 0 unspecified atom stereocenters. The normalized spacial score (nSPS) is 24.4. The standard InChI is InChI=1S/C26H36N2O4.C25H34N2O4/c1-32-26(31)22-18-20-13-10-12-19(17-20)11-6-3-2-4-9-16-23(29)28-24(25(30)27-22)21-14-7-5-8-15-21;28-22-15-8-3-1-2-5-10-18-11-9-12-19(16-18)17-21(25(30)31)26-24(29)23(27-22)20-13-6-4-7-14-20/h6,10-13,17,21-22,24H,2-5,7-9,14-16,18H2,1H3,(H,27,30)(H,28,29);5,9-12,16,20-21,23H,1-4,6-8,13-15,17H2,(H,26,29)(H,27,28)(H,30,31)/t22-,24-;21-,23-/m00/s1. The first-order chi connectivity index (χ1) is 30.6. The van der Waals surface area contributed by atoms with Crippen LogP contribution in [-0.2, 0) is 46.3 Å². The highest BCUT2D eigenvalue weighted by molar-refractivity contribution is 5.92. The number of methoxy groups -OCH3 is 1. The van der Waals surface area contributed by atoms with Crippen molar-refractivity contribution in [3.05, 3.63) is 82.9 Å². The summed E-state index contributed by atoms with van der Waals surface area (Å²) in [5.74, 6) is -2.27. The zero-order valence-corrected chi connectivity index (χ0v) is 37.3. The molecule has 4 amide bonds. The monoisotopic (exact) mass is 867 g/mol. The van der Waals surface area contributed by atoms with E-state index in [4.69, 9.17) is 4.74 Å². The molecule has 2 aliphatic heterocycles. The molecule has 2 heterocycles. The first-order valence-corrected chi connectivity index (χ1v) is 23.6. The highest BCUT2D eigenvalue weighted by atomic mass is 16.5. The van der Waals surface area contributed by atoms with Gasteiger partial charge in [-0.3, -0.25) is 19.2 Å². The molecule has 4 bridgehead atoms. The van der Waals surface area contributed by atoms with E-state index in [1.807, 2.05) is 54.6 Å². The van der Waals surface area contributed by atoms with Crippen LogP contribution in [-0.4, -0.2) is 72.0 Å². The van der Waals surface area contributed by atoms with E-state index in [0.29, 0.717) is 19.3 Å². The number of rotatable bonds is 4. The Bertz CT molecular complexity index is 1880. The number of carbonyl (C=O) groups excluding carboxylic acids is 5. The molecule has 342 valence electrons. The average Bonchev–Trinajstić information content (AvgIpc) is 3.29. The number of ether oxygens (including phenoxy) is 1. The first kappa shape index (κ1) is 48.8. The zero-order valence-electron chi connectivity index (χ0n) is 37.3. The van der Waals surface area contributed by atoms with E-state index in [0.717, 1.165) is 138 Å². The number of carboxylic acid groups (broad SMARTS) is 1. The summed E-state index contributed by atoms with van der Waals surface area (Å²) in [5.41, 5.74) is 3.90. The highest BCUT2D eigenvalue weighted by Gasteiger charge is 2.35. The Kier molecular flexibility index (Phi) is 20.4. The van der Waals surface area contributed by atoms with Gasteiger partial charge in [0.15, 0.2) is 0 Å². The van der Waals surface area contributed by atoms with Crippen molar-refractivity contribution in [1.29, 1.82) is 0 Å².